The summed E-state index contributed by atoms with van der Waals surface area (Å²) in [5, 5.41) is 4.21. The molecule has 0 aliphatic heterocycles. The van der Waals surface area contributed by atoms with Gasteiger partial charge in [0.25, 0.3) is 0 Å². The fourth-order valence-electron chi connectivity index (χ4n) is 1.86. The molecule has 2 aromatic rings. The van der Waals surface area contributed by atoms with Gasteiger partial charge in [0.2, 0.25) is 0 Å². The summed E-state index contributed by atoms with van der Waals surface area (Å²) in [7, 11) is 1.92. The monoisotopic (exact) mass is 267 g/mol. The van der Waals surface area contributed by atoms with Gasteiger partial charge in [0.1, 0.15) is 5.82 Å². The van der Waals surface area contributed by atoms with Crippen molar-refractivity contribution in [1.82, 2.24) is 5.32 Å². The van der Waals surface area contributed by atoms with Crippen molar-refractivity contribution in [2.24, 2.45) is 0 Å². The van der Waals surface area contributed by atoms with Crippen LogP contribution in [0.5, 0.6) is 0 Å². The van der Waals surface area contributed by atoms with E-state index in [0.717, 1.165) is 23.1 Å². The summed E-state index contributed by atoms with van der Waals surface area (Å²) in [6, 6.07) is 7.13. The highest BCUT2D eigenvalue weighted by Gasteiger charge is 2.13. The van der Waals surface area contributed by atoms with Gasteiger partial charge in [-0.1, -0.05) is 6.92 Å². The first kappa shape index (κ1) is 13.5. The first-order chi connectivity index (χ1) is 8.74. The number of thiophene rings is 1. The summed E-state index contributed by atoms with van der Waals surface area (Å²) in [4.78, 5) is 1.19. The minimum absolute atomic E-state index is 0.178. The van der Waals surface area contributed by atoms with Crippen LogP contribution in [0.15, 0.2) is 24.3 Å². The van der Waals surface area contributed by atoms with Crippen molar-refractivity contribution in [3.05, 3.63) is 35.0 Å². The van der Waals surface area contributed by atoms with Gasteiger partial charge in [-0.2, -0.15) is 0 Å². The molecule has 2 rings (SSSR count). The van der Waals surface area contributed by atoms with Crippen molar-refractivity contribution in [2.45, 2.75) is 19.4 Å². The lowest BCUT2D eigenvalue weighted by Gasteiger charge is -2.14. The van der Waals surface area contributed by atoms with E-state index >= 15 is 0 Å². The summed E-state index contributed by atoms with van der Waals surface area (Å²) in [5.41, 5.74) is 0. The highest BCUT2D eigenvalue weighted by atomic mass is 32.1. The average molecular weight is 267 g/mol. The topological polar surface area (TPSA) is 21.3 Å². The number of halogens is 1. The lowest BCUT2D eigenvalue weighted by Crippen LogP contribution is -2.20. The molecule has 1 heterocycles. The smallest absolute Gasteiger partial charge is 0.123 e. The van der Waals surface area contributed by atoms with Gasteiger partial charge < -0.3 is 10.1 Å². The maximum atomic E-state index is 13.1. The minimum atomic E-state index is -0.185. The molecule has 2 nitrogen and oxygen atoms in total. The first-order valence-electron chi connectivity index (χ1n) is 6.18. The third kappa shape index (κ3) is 3.07. The molecule has 0 aliphatic rings. The number of fused-ring (bicyclic) bond motifs is 1. The molecule has 0 fully saturated rings. The number of hydrogen-bond donors (Lipinski definition) is 1. The summed E-state index contributed by atoms with van der Waals surface area (Å²) >= 11 is 1.69. The lowest BCUT2D eigenvalue weighted by atomic mass is 10.2. The number of benzene rings is 1. The molecule has 0 saturated heterocycles. The molecule has 98 valence electrons. The van der Waals surface area contributed by atoms with E-state index in [2.05, 4.69) is 12.2 Å². The van der Waals surface area contributed by atoms with Crippen LogP contribution >= 0.6 is 11.3 Å². The molecular weight excluding hydrogens is 249 g/mol. The van der Waals surface area contributed by atoms with Gasteiger partial charge in [0, 0.05) is 16.2 Å². The molecule has 0 bridgehead atoms. The zero-order valence-electron chi connectivity index (χ0n) is 10.7. The van der Waals surface area contributed by atoms with Crippen LogP contribution in [0.25, 0.3) is 10.1 Å². The Kier molecular flexibility index (Phi) is 4.69. The maximum Gasteiger partial charge on any atom is 0.123 e. The maximum absolute atomic E-state index is 13.1. The van der Waals surface area contributed by atoms with Crippen molar-refractivity contribution in [1.29, 1.82) is 0 Å². The summed E-state index contributed by atoms with van der Waals surface area (Å²) < 4.78 is 19.8. The van der Waals surface area contributed by atoms with Gasteiger partial charge in [0.05, 0.1) is 12.6 Å². The van der Waals surface area contributed by atoms with Crippen LogP contribution in [-0.4, -0.2) is 20.3 Å². The SMILES string of the molecule is CCCOCC(NC)c1cc2cc(F)ccc2s1. The lowest BCUT2D eigenvalue weighted by molar-refractivity contribution is 0.115. The predicted octanol–water partition coefficient (Wildman–Crippen LogP) is 3.73. The number of rotatable bonds is 6. The Morgan fingerprint density at radius 1 is 1.39 bits per heavy atom. The number of likely N-dealkylation sites (N-methyl/N-ethyl adjacent to an activating group) is 1. The normalized spacial score (nSPS) is 13.1. The van der Waals surface area contributed by atoms with Gasteiger partial charge >= 0.3 is 0 Å². The minimum Gasteiger partial charge on any atom is -0.379 e. The largest absolute Gasteiger partial charge is 0.379 e. The quantitative estimate of drug-likeness (QED) is 0.805. The molecule has 1 N–H and O–H groups in total. The number of ether oxygens (including phenoxy) is 1. The van der Waals surface area contributed by atoms with Gasteiger partial charge in [-0.25, -0.2) is 4.39 Å². The molecule has 0 radical (unpaired) electrons. The van der Waals surface area contributed by atoms with Crippen molar-refractivity contribution < 1.29 is 9.13 Å². The summed E-state index contributed by atoms with van der Waals surface area (Å²) in [6.07, 6.45) is 1.02. The average Bonchev–Trinajstić information content (AvgIpc) is 2.77. The molecule has 0 spiro atoms. The Hall–Kier alpha value is -0.970. The van der Waals surface area contributed by atoms with E-state index in [0.29, 0.717) is 6.61 Å². The van der Waals surface area contributed by atoms with Crippen molar-refractivity contribution in [3.63, 3.8) is 0 Å². The Labute approximate surface area is 111 Å². The van der Waals surface area contributed by atoms with Crippen LogP contribution in [0, 0.1) is 5.82 Å². The molecule has 4 heteroatoms. The van der Waals surface area contributed by atoms with Crippen LogP contribution in [0.4, 0.5) is 4.39 Å². The number of nitrogens with one attached hydrogen (secondary N) is 1. The van der Waals surface area contributed by atoms with Crippen LogP contribution in [0.1, 0.15) is 24.3 Å². The highest BCUT2D eigenvalue weighted by molar-refractivity contribution is 7.19. The van der Waals surface area contributed by atoms with Crippen LogP contribution in [0.2, 0.25) is 0 Å². The zero-order chi connectivity index (χ0) is 13.0. The second kappa shape index (κ2) is 6.27. The van der Waals surface area contributed by atoms with E-state index in [-0.39, 0.29) is 11.9 Å². The fourth-order valence-corrected chi connectivity index (χ4v) is 3.00. The molecular formula is C14H18FNOS. The van der Waals surface area contributed by atoms with Crippen molar-refractivity contribution >= 4 is 21.4 Å². The summed E-state index contributed by atoms with van der Waals surface area (Å²) in [5.74, 6) is -0.185. The Balaban J connectivity index is 2.17. The van der Waals surface area contributed by atoms with Gasteiger partial charge in [-0.15, -0.1) is 11.3 Å². The van der Waals surface area contributed by atoms with E-state index in [1.165, 1.54) is 10.9 Å². The number of hydrogen-bond acceptors (Lipinski definition) is 3. The van der Waals surface area contributed by atoms with Gasteiger partial charge in [0.15, 0.2) is 0 Å². The molecule has 1 atom stereocenters. The highest BCUT2D eigenvalue weighted by Crippen LogP contribution is 2.30. The molecule has 1 unspecified atom stereocenters. The molecule has 1 aromatic heterocycles. The molecule has 0 saturated carbocycles. The van der Waals surface area contributed by atoms with Crippen LogP contribution in [0.3, 0.4) is 0 Å². The molecule has 0 aliphatic carbocycles. The van der Waals surface area contributed by atoms with E-state index in [1.54, 1.807) is 17.4 Å². The van der Waals surface area contributed by atoms with E-state index in [9.17, 15) is 4.39 Å². The Bertz CT molecular complexity index is 511. The van der Waals surface area contributed by atoms with Gasteiger partial charge in [-0.3, -0.25) is 0 Å². The molecule has 18 heavy (non-hydrogen) atoms. The predicted molar refractivity (Wildman–Crippen MR) is 74.7 cm³/mol. The standard InChI is InChI=1S/C14H18FNOS/c1-3-6-17-9-12(16-2)14-8-10-7-11(15)4-5-13(10)18-14/h4-5,7-8,12,16H,3,6,9H2,1-2H3. The van der Waals surface area contributed by atoms with Gasteiger partial charge in [-0.05, 0) is 43.1 Å². The summed E-state index contributed by atoms with van der Waals surface area (Å²) in [6.45, 7) is 3.52. The Morgan fingerprint density at radius 3 is 2.94 bits per heavy atom. The van der Waals surface area contributed by atoms with Crippen LogP contribution < -0.4 is 5.32 Å². The second-order valence-corrected chi connectivity index (χ2v) is 5.36. The molecule has 1 aromatic carbocycles. The Morgan fingerprint density at radius 2 is 2.22 bits per heavy atom. The van der Waals surface area contributed by atoms with Crippen molar-refractivity contribution in [3.8, 4) is 0 Å². The zero-order valence-corrected chi connectivity index (χ0v) is 11.5. The third-order valence-electron chi connectivity index (χ3n) is 2.82. The first-order valence-corrected chi connectivity index (χ1v) is 7.00. The van der Waals surface area contributed by atoms with Crippen molar-refractivity contribution in [2.75, 3.05) is 20.3 Å². The van der Waals surface area contributed by atoms with Crippen LogP contribution in [-0.2, 0) is 4.74 Å². The third-order valence-corrected chi connectivity index (χ3v) is 4.05. The molecule has 0 amide bonds. The fraction of sp³-hybridized carbons (Fsp3) is 0.429. The second-order valence-electron chi connectivity index (χ2n) is 4.25. The van der Waals surface area contributed by atoms with E-state index < -0.39 is 0 Å². The van der Waals surface area contributed by atoms with E-state index in [1.807, 2.05) is 19.2 Å². The van der Waals surface area contributed by atoms with E-state index in [4.69, 9.17) is 4.74 Å².